The lowest BCUT2D eigenvalue weighted by Crippen LogP contribution is -2.41. The number of β-amino-alcohol motifs (C(OH)–C–C–N with tert-alkyl or cyclic N) is 1. The molecule has 6 nitrogen and oxygen atoms in total. The molecular weight excluding hydrogens is 268 g/mol. The van der Waals surface area contributed by atoms with E-state index in [0.29, 0.717) is 19.5 Å². The van der Waals surface area contributed by atoms with E-state index in [9.17, 15) is 9.90 Å². The molecule has 2 fully saturated rings. The molecule has 2 N–H and O–H groups in total. The van der Waals surface area contributed by atoms with Gasteiger partial charge in [0, 0.05) is 24.3 Å². The van der Waals surface area contributed by atoms with Gasteiger partial charge in [0.05, 0.1) is 24.3 Å². The highest BCUT2D eigenvalue weighted by molar-refractivity contribution is 5.79. The summed E-state index contributed by atoms with van der Waals surface area (Å²) in [6, 6.07) is 0.114. The van der Waals surface area contributed by atoms with Gasteiger partial charge < -0.3 is 10.0 Å². The number of likely N-dealkylation sites (tertiary alicyclic amines) is 2. The van der Waals surface area contributed by atoms with E-state index in [1.807, 2.05) is 13.8 Å². The van der Waals surface area contributed by atoms with E-state index < -0.39 is 6.10 Å². The number of carbonyl (C=O) groups excluding carboxylic acids is 1. The molecule has 2 aliphatic heterocycles. The standard InChI is InChI=1S/C15H24N4O2/c1-10-12(11(2)17-16-10)7-15(21)19-8-13(14(20)9-19)18-5-3-4-6-18/h13-14,20H,3-9H2,1-2H3,(H,16,17)/t13-,14-/m0/s1. The third kappa shape index (κ3) is 2.82. The van der Waals surface area contributed by atoms with Gasteiger partial charge in [0.2, 0.25) is 5.91 Å². The van der Waals surface area contributed by atoms with Gasteiger partial charge >= 0.3 is 0 Å². The summed E-state index contributed by atoms with van der Waals surface area (Å²) in [5.41, 5.74) is 2.83. The molecule has 0 bridgehead atoms. The Morgan fingerprint density at radius 2 is 2.05 bits per heavy atom. The summed E-state index contributed by atoms with van der Waals surface area (Å²) in [4.78, 5) is 16.6. The molecule has 1 aromatic rings. The molecule has 0 spiro atoms. The van der Waals surface area contributed by atoms with Gasteiger partial charge in [-0.05, 0) is 39.8 Å². The predicted molar refractivity (Wildman–Crippen MR) is 78.9 cm³/mol. The first kappa shape index (κ1) is 14.5. The van der Waals surface area contributed by atoms with E-state index in [4.69, 9.17) is 0 Å². The maximum Gasteiger partial charge on any atom is 0.227 e. The molecule has 6 heteroatoms. The molecule has 0 radical (unpaired) electrons. The van der Waals surface area contributed by atoms with Crippen molar-refractivity contribution < 1.29 is 9.90 Å². The highest BCUT2D eigenvalue weighted by Gasteiger charge is 2.38. The fraction of sp³-hybridized carbons (Fsp3) is 0.733. The topological polar surface area (TPSA) is 72.5 Å². The van der Waals surface area contributed by atoms with E-state index in [1.54, 1.807) is 4.90 Å². The van der Waals surface area contributed by atoms with Crippen LogP contribution in [0.1, 0.15) is 29.8 Å². The number of H-pyrrole nitrogens is 1. The zero-order valence-electron chi connectivity index (χ0n) is 12.8. The minimum absolute atomic E-state index is 0.0864. The SMILES string of the molecule is Cc1n[nH]c(C)c1CC(=O)N1C[C@H](O)[C@@H](N2CCCC2)C1. The molecule has 21 heavy (non-hydrogen) atoms. The number of aromatic amines is 1. The molecule has 1 aromatic heterocycles. The molecule has 1 amide bonds. The van der Waals surface area contributed by atoms with Crippen LogP contribution in [0.25, 0.3) is 0 Å². The molecule has 2 aliphatic rings. The number of aromatic nitrogens is 2. The van der Waals surface area contributed by atoms with Gasteiger partial charge in [0.1, 0.15) is 0 Å². The summed E-state index contributed by atoms with van der Waals surface area (Å²) in [7, 11) is 0. The Hall–Kier alpha value is -1.40. The predicted octanol–water partition coefficient (Wildman–Crippen LogP) is 0.237. The largest absolute Gasteiger partial charge is 0.390 e. The smallest absolute Gasteiger partial charge is 0.227 e. The number of nitrogens with zero attached hydrogens (tertiary/aromatic N) is 3. The Morgan fingerprint density at radius 1 is 1.33 bits per heavy atom. The van der Waals surface area contributed by atoms with Crippen LogP contribution in [0.3, 0.4) is 0 Å². The summed E-state index contributed by atoms with van der Waals surface area (Å²) >= 11 is 0. The molecular formula is C15H24N4O2. The third-order valence-electron chi connectivity index (χ3n) is 4.83. The second kappa shape index (κ2) is 5.77. The fourth-order valence-corrected chi connectivity index (χ4v) is 3.50. The number of carbonyl (C=O) groups is 1. The van der Waals surface area contributed by atoms with Crippen molar-refractivity contribution in [2.75, 3.05) is 26.2 Å². The number of rotatable bonds is 3. The van der Waals surface area contributed by atoms with Crippen molar-refractivity contribution in [1.82, 2.24) is 20.0 Å². The van der Waals surface area contributed by atoms with Crippen molar-refractivity contribution in [2.45, 2.75) is 45.3 Å². The highest BCUT2D eigenvalue weighted by Crippen LogP contribution is 2.22. The number of aryl methyl sites for hydroxylation is 2. The first-order chi connectivity index (χ1) is 10.1. The van der Waals surface area contributed by atoms with Crippen molar-refractivity contribution in [1.29, 1.82) is 0 Å². The molecule has 0 aromatic carbocycles. The fourth-order valence-electron chi connectivity index (χ4n) is 3.50. The summed E-state index contributed by atoms with van der Waals surface area (Å²) < 4.78 is 0. The Labute approximate surface area is 125 Å². The molecule has 3 heterocycles. The van der Waals surface area contributed by atoms with Crippen LogP contribution < -0.4 is 0 Å². The Bertz CT molecular complexity index is 502. The second-order valence-corrected chi connectivity index (χ2v) is 6.27. The van der Waals surface area contributed by atoms with Crippen LogP contribution >= 0.6 is 0 Å². The van der Waals surface area contributed by atoms with E-state index in [2.05, 4.69) is 15.1 Å². The Kier molecular flexibility index (Phi) is 3.99. The zero-order chi connectivity index (χ0) is 15.0. The van der Waals surface area contributed by atoms with E-state index >= 15 is 0 Å². The third-order valence-corrected chi connectivity index (χ3v) is 4.83. The van der Waals surface area contributed by atoms with Gasteiger partial charge in [-0.15, -0.1) is 0 Å². The Morgan fingerprint density at radius 3 is 2.67 bits per heavy atom. The normalized spacial score (nSPS) is 26.7. The molecule has 116 valence electrons. The van der Waals surface area contributed by atoms with Crippen LogP contribution in [0, 0.1) is 13.8 Å². The number of aliphatic hydroxyl groups excluding tert-OH is 1. The zero-order valence-corrected chi connectivity index (χ0v) is 12.8. The number of aliphatic hydroxyl groups is 1. The van der Waals surface area contributed by atoms with E-state index in [1.165, 1.54) is 12.8 Å². The van der Waals surface area contributed by atoms with Gasteiger partial charge in [-0.3, -0.25) is 14.8 Å². The van der Waals surface area contributed by atoms with Crippen molar-refractivity contribution in [2.24, 2.45) is 0 Å². The number of hydrogen-bond donors (Lipinski definition) is 2. The van der Waals surface area contributed by atoms with Crippen molar-refractivity contribution in [3.63, 3.8) is 0 Å². The maximum absolute atomic E-state index is 12.5. The lowest BCUT2D eigenvalue weighted by Gasteiger charge is -2.25. The summed E-state index contributed by atoms with van der Waals surface area (Å²) in [5.74, 6) is 0.0864. The maximum atomic E-state index is 12.5. The molecule has 2 saturated heterocycles. The summed E-state index contributed by atoms with van der Waals surface area (Å²) in [6.45, 7) is 7.05. The van der Waals surface area contributed by atoms with Gasteiger partial charge in [0.25, 0.3) is 0 Å². The van der Waals surface area contributed by atoms with Gasteiger partial charge in [0.15, 0.2) is 0 Å². The summed E-state index contributed by atoms with van der Waals surface area (Å²) in [5, 5.41) is 17.3. The lowest BCUT2D eigenvalue weighted by atomic mass is 10.1. The van der Waals surface area contributed by atoms with Crippen LogP contribution in [0.15, 0.2) is 0 Å². The summed E-state index contributed by atoms with van der Waals surface area (Å²) in [6.07, 6.45) is 2.35. The van der Waals surface area contributed by atoms with Gasteiger partial charge in [-0.25, -0.2) is 0 Å². The van der Waals surface area contributed by atoms with Crippen molar-refractivity contribution in [3.05, 3.63) is 17.0 Å². The van der Waals surface area contributed by atoms with Crippen LogP contribution in [0.4, 0.5) is 0 Å². The Balaban J connectivity index is 1.63. The second-order valence-electron chi connectivity index (χ2n) is 6.27. The number of hydrogen-bond acceptors (Lipinski definition) is 4. The number of amides is 1. The monoisotopic (exact) mass is 292 g/mol. The molecule has 2 atom stereocenters. The van der Waals surface area contributed by atoms with Crippen molar-refractivity contribution in [3.8, 4) is 0 Å². The van der Waals surface area contributed by atoms with Crippen LogP contribution in [0.2, 0.25) is 0 Å². The van der Waals surface area contributed by atoms with Gasteiger partial charge in [-0.1, -0.05) is 0 Å². The molecule has 3 rings (SSSR count). The first-order valence-corrected chi connectivity index (χ1v) is 7.76. The first-order valence-electron chi connectivity index (χ1n) is 7.76. The minimum atomic E-state index is -0.418. The van der Waals surface area contributed by atoms with Crippen molar-refractivity contribution >= 4 is 5.91 Å². The van der Waals surface area contributed by atoms with Gasteiger partial charge in [-0.2, -0.15) is 5.10 Å². The molecule has 0 unspecified atom stereocenters. The molecule has 0 aliphatic carbocycles. The highest BCUT2D eigenvalue weighted by atomic mass is 16.3. The van der Waals surface area contributed by atoms with E-state index in [-0.39, 0.29) is 11.9 Å². The lowest BCUT2D eigenvalue weighted by molar-refractivity contribution is -0.129. The number of nitrogens with one attached hydrogen (secondary N) is 1. The quantitative estimate of drug-likeness (QED) is 0.837. The van der Waals surface area contributed by atoms with E-state index in [0.717, 1.165) is 30.0 Å². The molecule has 0 saturated carbocycles. The van der Waals surface area contributed by atoms with Crippen LogP contribution in [-0.2, 0) is 11.2 Å². The van der Waals surface area contributed by atoms with Crippen LogP contribution in [0.5, 0.6) is 0 Å². The average Bonchev–Trinajstić information content (AvgIpc) is 3.15. The minimum Gasteiger partial charge on any atom is -0.390 e. The van der Waals surface area contributed by atoms with Crippen LogP contribution in [-0.4, -0.2) is 69.3 Å². The average molecular weight is 292 g/mol.